The zero-order valence-electron chi connectivity index (χ0n) is 8.79. The molecule has 0 aliphatic carbocycles. The lowest BCUT2D eigenvalue weighted by Gasteiger charge is -2.19. The predicted molar refractivity (Wildman–Crippen MR) is 55.5 cm³/mol. The molecule has 2 nitrogen and oxygen atoms in total. The van der Waals surface area contributed by atoms with Gasteiger partial charge >= 0.3 is 0 Å². The quantitative estimate of drug-likeness (QED) is 0.598. The highest BCUT2D eigenvalue weighted by Crippen LogP contribution is 2.18. The fraction of sp³-hybridized carbons (Fsp3) is 0.818. The number of hydrogen-bond acceptors (Lipinski definition) is 2. The van der Waals surface area contributed by atoms with Gasteiger partial charge in [0.2, 0.25) is 0 Å². The zero-order chi connectivity index (χ0) is 10.3. The van der Waals surface area contributed by atoms with Gasteiger partial charge in [-0.25, -0.2) is 0 Å². The molecular weight excluding hydrogens is 164 g/mol. The van der Waals surface area contributed by atoms with Crippen molar-refractivity contribution >= 4 is 0 Å². The standard InChI is InChI=1S/C11H22O2/c1-4-11(3,13)8-5-6-10(2)7-9-12/h4,10,12-13H,1,5-9H2,2-3H3. The summed E-state index contributed by atoms with van der Waals surface area (Å²) in [5.74, 6) is 0.547. The van der Waals surface area contributed by atoms with Crippen molar-refractivity contribution in [3.05, 3.63) is 12.7 Å². The monoisotopic (exact) mass is 186 g/mol. The Labute approximate surface area is 81.3 Å². The lowest BCUT2D eigenvalue weighted by atomic mass is 9.94. The molecule has 0 amide bonds. The van der Waals surface area contributed by atoms with Crippen molar-refractivity contribution in [3.63, 3.8) is 0 Å². The average molecular weight is 186 g/mol. The van der Waals surface area contributed by atoms with Crippen molar-refractivity contribution in [1.82, 2.24) is 0 Å². The van der Waals surface area contributed by atoms with Crippen molar-refractivity contribution in [2.75, 3.05) is 6.61 Å². The van der Waals surface area contributed by atoms with Gasteiger partial charge in [0.15, 0.2) is 0 Å². The van der Waals surface area contributed by atoms with Crippen molar-refractivity contribution in [2.45, 2.75) is 45.1 Å². The van der Waals surface area contributed by atoms with E-state index in [1.165, 1.54) is 0 Å². The molecule has 0 aromatic carbocycles. The van der Waals surface area contributed by atoms with Crippen molar-refractivity contribution < 1.29 is 10.2 Å². The molecule has 0 aliphatic rings. The van der Waals surface area contributed by atoms with Gasteiger partial charge in [0.25, 0.3) is 0 Å². The summed E-state index contributed by atoms with van der Waals surface area (Å²) >= 11 is 0. The normalized spacial score (nSPS) is 17.8. The lowest BCUT2D eigenvalue weighted by Crippen LogP contribution is -2.20. The summed E-state index contributed by atoms with van der Waals surface area (Å²) in [6.07, 6.45) is 5.25. The molecule has 13 heavy (non-hydrogen) atoms. The van der Waals surface area contributed by atoms with E-state index in [9.17, 15) is 5.11 Å². The fourth-order valence-corrected chi connectivity index (χ4v) is 1.28. The van der Waals surface area contributed by atoms with Gasteiger partial charge in [-0.2, -0.15) is 0 Å². The smallest absolute Gasteiger partial charge is 0.0797 e. The van der Waals surface area contributed by atoms with E-state index in [1.54, 1.807) is 13.0 Å². The Morgan fingerprint density at radius 2 is 2.08 bits per heavy atom. The number of aliphatic hydroxyl groups excluding tert-OH is 1. The first-order valence-corrected chi connectivity index (χ1v) is 4.98. The van der Waals surface area contributed by atoms with Gasteiger partial charge in [-0.3, -0.25) is 0 Å². The Morgan fingerprint density at radius 1 is 1.46 bits per heavy atom. The maximum Gasteiger partial charge on any atom is 0.0797 e. The summed E-state index contributed by atoms with van der Waals surface area (Å²) in [4.78, 5) is 0. The van der Waals surface area contributed by atoms with E-state index < -0.39 is 5.60 Å². The van der Waals surface area contributed by atoms with Gasteiger partial charge in [0.05, 0.1) is 5.60 Å². The molecule has 78 valence electrons. The number of rotatable bonds is 7. The Bertz CT molecular complexity index is 141. The van der Waals surface area contributed by atoms with Gasteiger partial charge in [-0.1, -0.05) is 25.8 Å². The highest BCUT2D eigenvalue weighted by atomic mass is 16.3. The summed E-state index contributed by atoms with van der Waals surface area (Å²) in [7, 11) is 0. The van der Waals surface area contributed by atoms with Crippen molar-refractivity contribution in [3.8, 4) is 0 Å². The molecule has 2 atom stereocenters. The maximum atomic E-state index is 9.60. The highest BCUT2D eigenvalue weighted by molar-refractivity contribution is 4.91. The van der Waals surface area contributed by atoms with Crippen molar-refractivity contribution in [2.24, 2.45) is 5.92 Å². The molecular formula is C11H22O2. The summed E-state index contributed by atoms with van der Waals surface area (Å²) in [6.45, 7) is 7.74. The molecule has 0 aliphatic heterocycles. The molecule has 2 unspecified atom stereocenters. The molecule has 0 aromatic heterocycles. The molecule has 0 aromatic rings. The minimum absolute atomic E-state index is 0.263. The summed E-state index contributed by atoms with van der Waals surface area (Å²) in [5, 5.41) is 18.3. The van der Waals surface area contributed by atoms with Gasteiger partial charge in [0.1, 0.15) is 0 Å². The van der Waals surface area contributed by atoms with Crippen LogP contribution in [-0.4, -0.2) is 22.4 Å². The Morgan fingerprint density at radius 3 is 2.54 bits per heavy atom. The van der Waals surface area contributed by atoms with Crippen LogP contribution in [0.15, 0.2) is 12.7 Å². The molecule has 0 heterocycles. The molecule has 0 saturated carbocycles. The molecule has 0 radical (unpaired) electrons. The molecule has 0 spiro atoms. The van der Waals surface area contributed by atoms with E-state index in [2.05, 4.69) is 13.5 Å². The van der Waals surface area contributed by atoms with Gasteiger partial charge in [-0.05, 0) is 25.7 Å². The SMILES string of the molecule is C=CC(C)(O)CCCC(C)CCO. The summed E-state index contributed by atoms with van der Waals surface area (Å²) < 4.78 is 0. The minimum Gasteiger partial charge on any atom is -0.396 e. The second-order valence-electron chi connectivity index (χ2n) is 4.07. The van der Waals surface area contributed by atoms with E-state index >= 15 is 0 Å². The predicted octanol–water partition coefficient (Wildman–Crippen LogP) is 2.11. The Kier molecular flexibility index (Phi) is 6.00. The molecule has 0 fully saturated rings. The fourth-order valence-electron chi connectivity index (χ4n) is 1.28. The lowest BCUT2D eigenvalue weighted by molar-refractivity contribution is 0.0971. The molecule has 0 saturated heterocycles. The number of hydrogen-bond donors (Lipinski definition) is 2. The first-order valence-electron chi connectivity index (χ1n) is 4.98. The van der Waals surface area contributed by atoms with Gasteiger partial charge < -0.3 is 10.2 Å². The maximum absolute atomic E-state index is 9.60. The van der Waals surface area contributed by atoms with Crippen LogP contribution in [0.2, 0.25) is 0 Å². The van der Waals surface area contributed by atoms with Crippen LogP contribution in [0, 0.1) is 5.92 Å². The van der Waals surface area contributed by atoms with Crippen LogP contribution in [-0.2, 0) is 0 Å². The summed E-state index contributed by atoms with van der Waals surface area (Å²) in [6, 6.07) is 0. The minimum atomic E-state index is -0.723. The van der Waals surface area contributed by atoms with Gasteiger partial charge in [0, 0.05) is 6.61 Å². The second kappa shape index (κ2) is 6.17. The van der Waals surface area contributed by atoms with Gasteiger partial charge in [-0.15, -0.1) is 6.58 Å². The highest BCUT2D eigenvalue weighted by Gasteiger charge is 2.14. The molecule has 0 rings (SSSR count). The third kappa shape index (κ3) is 6.79. The van der Waals surface area contributed by atoms with E-state index in [0.29, 0.717) is 5.92 Å². The Hall–Kier alpha value is -0.340. The first-order chi connectivity index (χ1) is 6.02. The van der Waals surface area contributed by atoms with Crippen LogP contribution < -0.4 is 0 Å². The summed E-state index contributed by atoms with van der Waals surface area (Å²) in [5.41, 5.74) is -0.723. The van der Waals surface area contributed by atoms with E-state index in [0.717, 1.165) is 25.7 Å². The van der Waals surface area contributed by atoms with E-state index in [1.807, 2.05) is 0 Å². The largest absolute Gasteiger partial charge is 0.396 e. The molecule has 2 N–H and O–H groups in total. The van der Waals surface area contributed by atoms with Crippen LogP contribution in [0.25, 0.3) is 0 Å². The van der Waals surface area contributed by atoms with E-state index in [4.69, 9.17) is 5.11 Å². The van der Waals surface area contributed by atoms with Crippen LogP contribution in [0.5, 0.6) is 0 Å². The van der Waals surface area contributed by atoms with Crippen LogP contribution >= 0.6 is 0 Å². The molecule has 0 bridgehead atoms. The zero-order valence-corrected chi connectivity index (χ0v) is 8.79. The average Bonchev–Trinajstić information content (AvgIpc) is 2.05. The number of aliphatic hydroxyl groups is 2. The van der Waals surface area contributed by atoms with Crippen LogP contribution in [0.4, 0.5) is 0 Å². The van der Waals surface area contributed by atoms with Crippen LogP contribution in [0.3, 0.4) is 0 Å². The second-order valence-corrected chi connectivity index (χ2v) is 4.07. The third-order valence-electron chi connectivity index (χ3n) is 2.44. The Balaban J connectivity index is 3.49. The molecule has 2 heteroatoms. The topological polar surface area (TPSA) is 40.5 Å². The van der Waals surface area contributed by atoms with E-state index in [-0.39, 0.29) is 6.61 Å². The third-order valence-corrected chi connectivity index (χ3v) is 2.44. The van der Waals surface area contributed by atoms with Crippen molar-refractivity contribution in [1.29, 1.82) is 0 Å². The van der Waals surface area contributed by atoms with Crippen LogP contribution in [0.1, 0.15) is 39.5 Å². The first kappa shape index (κ1) is 12.7.